The fourth-order valence-corrected chi connectivity index (χ4v) is 6.74. The van der Waals surface area contributed by atoms with E-state index in [1.807, 2.05) is 31.2 Å². The highest BCUT2D eigenvalue weighted by molar-refractivity contribution is 9.10. The zero-order valence-electron chi connectivity index (χ0n) is 14.6. The van der Waals surface area contributed by atoms with E-state index in [0.717, 1.165) is 10.0 Å². The number of rotatable bonds is 7. The third-order valence-electron chi connectivity index (χ3n) is 4.97. The topological polar surface area (TPSA) is 69.4 Å². The minimum absolute atomic E-state index is 0.159. The normalized spacial score (nSPS) is 24.6. The summed E-state index contributed by atoms with van der Waals surface area (Å²) in [5.74, 6) is -0.365. The number of ether oxygens (including phenoxy) is 1. The average molecular weight is 489 g/mol. The van der Waals surface area contributed by atoms with Crippen LogP contribution in [0.2, 0.25) is 5.02 Å². The molecule has 1 saturated carbocycles. The molecule has 3 atom stereocenters. The third kappa shape index (κ3) is 3.68. The molecular weight excluding hydrogens is 470 g/mol. The molecule has 144 valence electrons. The fourth-order valence-electron chi connectivity index (χ4n) is 3.58. The lowest BCUT2D eigenvalue weighted by Gasteiger charge is -2.17. The summed E-state index contributed by atoms with van der Waals surface area (Å²) in [6.07, 6.45) is 0. The molecular formula is C19H19BrClNO3S2. The molecule has 0 heterocycles. The van der Waals surface area contributed by atoms with Crippen molar-refractivity contribution in [2.45, 2.75) is 23.0 Å². The summed E-state index contributed by atoms with van der Waals surface area (Å²) in [7, 11) is -3.69. The molecule has 0 unspecified atom stereocenters. The SMILES string of the molecule is CCOC[C@@]1(C(N)=S)[C@H](c2ccc(Br)cc2)[C@@H]1S(=O)(=O)c1ccc(Cl)cc1. The van der Waals surface area contributed by atoms with Crippen molar-refractivity contribution in [1.29, 1.82) is 0 Å². The smallest absolute Gasteiger partial charge is 0.182 e. The molecule has 3 rings (SSSR count). The van der Waals surface area contributed by atoms with Gasteiger partial charge in [-0.1, -0.05) is 51.9 Å². The summed E-state index contributed by atoms with van der Waals surface area (Å²) < 4.78 is 33.4. The number of thiocarbonyl (C=S) groups is 1. The molecule has 0 aliphatic heterocycles. The fraction of sp³-hybridized carbons (Fsp3) is 0.316. The van der Waals surface area contributed by atoms with E-state index < -0.39 is 20.5 Å². The summed E-state index contributed by atoms with van der Waals surface area (Å²) in [5.41, 5.74) is 6.01. The van der Waals surface area contributed by atoms with Gasteiger partial charge in [-0.05, 0) is 48.9 Å². The van der Waals surface area contributed by atoms with Crippen LogP contribution < -0.4 is 5.73 Å². The van der Waals surface area contributed by atoms with Gasteiger partial charge in [0.15, 0.2) is 9.84 Å². The van der Waals surface area contributed by atoms with Gasteiger partial charge in [-0.3, -0.25) is 0 Å². The number of hydrogen-bond donors (Lipinski definition) is 1. The molecule has 4 nitrogen and oxygen atoms in total. The first-order chi connectivity index (χ1) is 12.7. The lowest BCUT2D eigenvalue weighted by atomic mass is 10.00. The van der Waals surface area contributed by atoms with Crippen LogP contribution in [0.25, 0.3) is 0 Å². The lowest BCUT2D eigenvalue weighted by Crippen LogP contribution is -2.33. The maximum absolute atomic E-state index is 13.4. The number of sulfone groups is 1. The van der Waals surface area contributed by atoms with Crippen molar-refractivity contribution in [1.82, 2.24) is 0 Å². The summed E-state index contributed by atoms with van der Waals surface area (Å²) in [6, 6.07) is 13.7. The van der Waals surface area contributed by atoms with Crippen LogP contribution in [0.5, 0.6) is 0 Å². The Bertz CT molecular complexity index is 948. The van der Waals surface area contributed by atoms with Crippen LogP contribution in [0.4, 0.5) is 0 Å². The molecule has 0 radical (unpaired) electrons. The van der Waals surface area contributed by atoms with E-state index >= 15 is 0 Å². The first kappa shape index (κ1) is 20.7. The Labute approximate surface area is 178 Å². The molecule has 2 aromatic rings. The van der Waals surface area contributed by atoms with Crippen LogP contribution in [0, 0.1) is 5.41 Å². The highest BCUT2D eigenvalue weighted by Gasteiger charge is 2.73. The van der Waals surface area contributed by atoms with Gasteiger partial charge in [0.1, 0.15) is 0 Å². The van der Waals surface area contributed by atoms with Crippen LogP contribution in [0.3, 0.4) is 0 Å². The molecule has 8 heteroatoms. The van der Waals surface area contributed by atoms with Gasteiger partial charge >= 0.3 is 0 Å². The van der Waals surface area contributed by atoms with Crippen LogP contribution in [0.15, 0.2) is 57.9 Å². The maximum Gasteiger partial charge on any atom is 0.182 e. The van der Waals surface area contributed by atoms with E-state index in [0.29, 0.717) is 11.6 Å². The van der Waals surface area contributed by atoms with Gasteiger partial charge in [-0.2, -0.15) is 0 Å². The highest BCUT2D eigenvalue weighted by atomic mass is 79.9. The number of halogens is 2. The second-order valence-corrected chi connectivity index (χ2v) is 10.4. The molecule has 0 saturated heterocycles. The van der Waals surface area contributed by atoms with Crippen molar-refractivity contribution in [3.8, 4) is 0 Å². The molecule has 2 N–H and O–H groups in total. The van der Waals surface area contributed by atoms with E-state index in [1.165, 1.54) is 12.1 Å². The zero-order chi connectivity index (χ0) is 19.8. The van der Waals surface area contributed by atoms with Gasteiger partial charge in [0.25, 0.3) is 0 Å². The van der Waals surface area contributed by atoms with Crippen molar-refractivity contribution in [3.05, 3.63) is 63.6 Å². The van der Waals surface area contributed by atoms with Gasteiger partial charge in [0, 0.05) is 22.0 Å². The quantitative estimate of drug-likeness (QED) is 0.587. The molecule has 0 bridgehead atoms. The largest absolute Gasteiger partial charge is 0.393 e. The molecule has 27 heavy (non-hydrogen) atoms. The molecule has 0 aromatic heterocycles. The van der Waals surface area contributed by atoms with Gasteiger partial charge in [-0.15, -0.1) is 0 Å². The van der Waals surface area contributed by atoms with Crippen LogP contribution in [-0.4, -0.2) is 31.9 Å². The van der Waals surface area contributed by atoms with Crippen molar-refractivity contribution in [2.24, 2.45) is 11.1 Å². The predicted molar refractivity (Wildman–Crippen MR) is 115 cm³/mol. The van der Waals surface area contributed by atoms with Gasteiger partial charge < -0.3 is 10.5 Å². The summed E-state index contributed by atoms with van der Waals surface area (Å²) in [6.45, 7) is 2.47. The molecule has 2 aromatic carbocycles. The van der Waals surface area contributed by atoms with Crippen LogP contribution in [-0.2, 0) is 14.6 Å². The molecule has 1 aliphatic rings. The van der Waals surface area contributed by atoms with Crippen molar-refractivity contribution in [2.75, 3.05) is 13.2 Å². The Kier molecular flexibility index (Phi) is 5.99. The van der Waals surface area contributed by atoms with Gasteiger partial charge in [0.2, 0.25) is 0 Å². The van der Waals surface area contributed by atoms with E-state index in [9.17, 15) is 8.42 Å². The second kappa shape index (κ2) is 7.79. The van der Waals surface area contributed by atoms with Crippen molar-refractivity contribution < 1.29 is 13.2 Å². The van der Waals surface area contributed by atoms with E-state index in [2.05, 4.69) is 15.9 Å². The monoisotopic (exact) mass is 487 g/mol. The van der Waals surface area contributed by atoms with E-state index in [1.54, 1.807) is 12.1 Å². The zero-order valence-corrected chi connectivity index (χ0v) is 18.5. The molecule has 0 amide bonds. The Morgan fingerprint density at radius 3 is 2.33 bits per heavy atom. The van der Waals surface area contributed by atoms with Crippen molar-refractivity contribution in [3.63, 3.8) is 0 Å². The summed E-state index contributed by atoms with van der Waals surface area (Å²) in [4.78, 5) is 0.361. The lowest BCUT2D eigenvalue weighted by molar-refractivity contribution is 0.121. The molecule has 0 spiro atoms. The third-order valence-corrected chi connectivity index (χ3v) is 8.42. The minimum atomic E-state index is -3.69. The number of benzene rings is 2. The minimum Gasteiger partial charge on any atom is -0.393 e. The van der Waals surface area contributed by atoms with E-state index in [-0.39, 0.29) is 22.4 Å². The van der Waals surface area contributed by atoms with Gasteiger partial charge in [0.05, 0.1) is 27.2 Å². The Balaban J connectivity index is 2.10. The predicted octanol–water partition coefficient (Wildman–Crippen LogP) is 4.35. The summed E-state index contributed by atoms with van der Waals surface area (Å²) >= 11 is 14.6. The van der Waals surface area contributed by atoms with Crippen molar-refractivity contribution >= 4 is 54.6 Å². The first-order valence-corrected chi connectivity index (χ1v) is 11.5. The summed E-state index contributed by atoms with van der Waals surface area (Å²) in [5, 5.41) is -0.305. The van der Waals surface area contributed by atoms with Gasteiger partial charge in [-0.25, -0.2) is 8.42 Å². The van der Waals surface area contributed by atoms with Crippen LogP contribution in [0.1, 0.15) is 18.4 Å². The maximum atomic E-state index is 13.4. The Hall–Kier alpha value is -0.990. The highest BCUT2D eigenvalue weighted by Crippen LogP contribution is 2.64. The standard InChI is InChI=1S/C19H19BrClNO3S2/c1-2-25-11-19(18(22)26)16(12-3-5-13(20)6-4-12)17(19)27(23,24)15-9-7-14(21)8-10-15/h3-10,16-17H,2,11H2,1H3,(H2,22,26)/t16-,17+,19-/m1/s1. The molecule has 1 fully saturated rings. The second-order valence-electron chi connectivity index (χ2n) is 6.49. The van der Waals surface area contributed by atoms with Crippen LogP contribution >= 0.6 is 39.7 Å². The number of nitrogens with two attached hydrogens (primary N) is 1. The average Bonchev–Trinajstić information content (AvgIpc) is 3.32. The van der Waals surface area contributed by atoms with E-state index in [4.69, 9.17) is 34.3 Å². The first-order valence-electron chi connectivity index (χ1n) is 8.37. The Morgan fingerprint density at radius 2 is 1.81 bits per heavy atom. The number of hydrogen-bond acceptors (Lipinski definition) is 4. The molecule has 1 aliphatic carbocycles. The Morgan fingerprint density at radius 1 is 1.22 bits per heavy atom.